The van der Waals surface area contributed by atoms with Crippen LogP contribution in [0.1, 0.15) is 89.7 Å². The predicted octanol–water partition coefficient (Wildman–Crippen LogP) is 9.29. The van der Waals surface area contributed by atoms with Crippen LogP contribution in [0.5, 0.6) is 0 Å². The molecule has 2 aromatic carbocycles. The highest BCUT2D eigenvalue weighted by atomic mass is 16.1. The fraction of sp³-hybridized carbons (Fsp3) is 0.528. The van der Waals surface area contributed by atoms with Crippen LogP contribution in [-0.2, 0) is 4.79 Å². The third kappa shape index (κ3) is 4.08. The van der Waals surface area contributed by atoms with Crippen molar-refractivity contribution >= 4 is 11.4 Å². The third-order valence-corrected chi connectivity index (χ3v) is 11.6. The van der Waals surface area contributed by atoms with Crippen LogP contribution < -0.4 is 0 Å². The molecule has 0 aliphatic heterocycles. The number of allylic oxidation sites excluding steroid dienone is 3. The first-order valence-electron chi connectivity index (χ1n) is 15.0. The van der Waals surface area contributed by atoms with Crippen molar-refractivity contribution in [3.8, 4) is 0 Å². The Morgan fingerprint density at radius 2 is 1.57 bits per heavy atom. The van der Waals surface area contributed by atoms with Gasteiger partial charge < -0.3 is 0 Å². The minimum absolute atomic E-state index is 0.158. The largest absolute Gasteiger partial charge is 0.299 e. The van der Waals surface area contributed by atoms with Crippen LogP contribution in [0.25, 0.3) is 5.57 Å². The number of carbonyl (C=O) groups is 1. The first-order chi connectivity index (χ1) is 17.9. The number of carbonyl (C=O) groups excluding carboxylic acids is 1. The Hall–Kier alpha value is -2.41. The van der Waals surface area contributed by atoms with Crippen LogP contribution in [0.4, 0.5) is 0 Å². The fourth-order valence-electron chi connectivity index (χ4n) is 9.65. The van der Waals surface area contributed by atoms with Crippen LogP contribution in [0.2, 0.25) is 0 Å². The summed E-state index contributed by atoms with van der Waals surface area (Å²) in [4.78, 5) is 13.3. The molecule has 0 radical (unpaired) electrons. The standard InChI is InChI=1S/C36H44O/c1-25(17-19-29(26-11-6-4-7-12-26)27-13-8-5-9-14-27)31-21-22-32-30-20-18-28-15-10-16-34(37)36(28,3)33(30)23-24-35(31,32)2/h4-9,11-15,19,25,30-33H,10,16-18,20-24H2,1-3H3/t25-,30-,31+,32-,33-,35-,36+/m1/s1. The average Bonchev–Trinajstić information content (AvgIpc) is 3.28. The zero-order chi connectivity index (χ0) is 25.6. The number of Topliss-reactive ketones (excluding diaryl/α,β-unsaturated/α-hetero) is 1. The van der Waals surface area contributed by atoms with Crippen molar-refractivity contribution in [2.24, 2.45) is 40.4 Å². The topological polar surface area (TPSA) is 17.1 Å². The van der Waals surface area contributed by atoms with E-state index in [4.69, 9.17) is 0 Å². The van der Waals surface area contributed by atoms with Gasteiger partial charge in [-0.25, -0.2) is 0 Å². The molecular formula is C36H44O. The van der Waals surface area contributed by atoms with E-state index in [1.54, 1.807) is 0 Å². The Kier molecular flexibility index (Phi) is 6.54. The van der Waals surface area contributed by atoms with Gasteiger partial charge in [-0.2, -0.15) is 0 Å². The summed E-state index contributed by atoms with van der Waals surface area (Å²) in [5.74, 6) is 4.09. The molecule has 37 heavy (non-hydrogen) atoms. The van der Waals surface area contributed by atoms with Crippen molar-refractivity contribution < 1.29 is 4.79 Å². The second-order valence-electron chi connectivity index (χ2n) is 13.1. The minimum Gasteiger partial charge on any atom is -0.299 e. The van der Waals surface area contributed by atoms with Gasteiger partial charge in [0.2, 0.25) is 0 Å². The lowest BCUT2D eigenvalue weighted by atomic mass is 9.46. The lowest BCUT2D eigenvalue weighted by Gasteiger charge is -2.58. The Labute approximate surface area is 224 Å². The second kappa shape index (κ2) is 9.72. The number of hydrogen-bond acceptors (Lipinski definition) is 1. The molecule has 1 heteroatoms. The Morgan fingerprint density at radius 3 is 2.24 bits per heavy atom. The van der Waals surface area contributed by atoms with Gasteiger partial charge in [-0.3, -0.25) is 4.79 Å². The molecule has 1 nitrogen and oxygen atoms in total. The highest BCUT2D eigenvalue weighted by Crippen LogP contribution is 2.67. The average molecular weight is 493 g/mol. The van der Waals surface area contributed by atoms with Crippen LogP contribution >= 0.6 is 0 Å². The lowest BCUT2D eigenvalue weighted by Crippen LogP contribution is -2.53. The summed E-state index contributed by atoms with van der Waals surface area (Å²) >= 11 is 0. The van der Waals surface area contributed by atoms with Crippen molar-refractivity contribution in [3.63, 3.8) is 0 Å². The molecule has 0 bridgehead atoms. The molecule has 3 fully saturated rings. The van der Waals surface area contributed by atoms with E-state index in [1.165, 1.54) is 54.4 Å². The fourth-order valence-corrected chi connectivity index (χ4v) is 9.65. The quantitative estimate of drug-likeness (QED) is 0.380. The molecule has 7 atom stereocenters. The van der Waals surface area contributed by atoms with Gasteiger partial charge in [0.1, 0.15) is 5.78 Å². The molecule has 0 heterocycles. The highest BCUT2D eigenvalue weighted by molar-refractivity contribution is 5.89. The molecule has 6 rings (SSSR count). The van der Waals surface area contributed by atoms with E-state index < -0.39 is 0 Å². The summed E-state index contributed by atoms with van der Waals surface area (Å²) in [5, 5.41) is 0. The van der Waals surface area contributed by atoms with Crippen molar-refractivity contribution in [1.82, 2.24) is 0 Å². The van der Waals surface area contributed by atoms with Gasteiger partial charge in [0.15, 0.2) is 0 Å². The molecule has 0 unspecified atom stereocenters. The molecule has 4 aliphatic rings. The summed E-state index contributed by atoms with van der Waals surface area (Å²) in [5.41, 5.74) is 5.75. The number of rotatable bonds is 5. The van der Waals surface area contributed by atoms with Gasteiger partial charge in [-0.05, 0) is 110 Å². The third-order valence-electron chi connectivity index (χ3n) is 11.6. The van der Waals surface area contributed by atoms with E-state index in [2.05, 4.69) is 93.6 Å². The first-order valence-corrected chi connectivity index (χ1v) is 15.0. The molecule has 0 aromatic heterocycles. The number of hydrogen-bond donors (Lipinski definition) is 0. The van der Waals surface area contributed by atoms with Crippen molar-refractivity contribution in [1.29, 1.82) is 0 Å². The van der Waals surface area contributed by atoms with Gasteiger partial charge in [0, 0.05) is 6.42 Å². The zero-order valence-corrected chi connectivity index (χ0v) is 23.1. The summed E-state index contributed by atoms with van der Waals surface area (Å²) < 4.78 is 0. The second-order valence-corrected chi connectivity index (χ2v) is 13.1. The van der Waals surface area contributed by atoms with Crippen LogP contribution in [-0.4, -0.2) is 5.78 Å². The maximum atomic E-state index is 13.3. The monoisotopic (exact) mass is 492 g/mol. The molecule has 4 aliphatic carbocycles. The molecule has 194 valence electrons. The minimum atomic E-state index is -0.158. The summed E-state index contributed by atoms with van der Waals surface area (Å²) in [6.07, 6.45) is 15.6. The maximum absolute atomic E-state index is 13.3. The summed E-state index contributed by atoms with van der Waals surface area (Å²) in [6, 6.07) is 21.8. The zero-order valence-electron chi connectivity index (χ0n) is 23.1. The van der Waals surface area contributed by atoms with Crippen LogP contribution in [0.15, 0.2) is 78.4 Å². The van der Waals surface area contributed by atoms with Gasteiger partial charge in [-0.1, -0.05) is 92.2 Å². The van der Waals surface area contributed by atoms with E-state index in [1.807, 2.05) is 0 Å². The van der Waals surface area contributed by atoms with Gasteiger partial charge in [0.05, 0.1) is 5.41 Å². The number of benzene rings is 2. The van der Waals surface area contributed by atoms with Crippen LogP contribution in [0, 0.1) is 40.4 Å². The van der Waals surface area contributed by atoms with E-state index >= 15 is 0 Å². The highest BCUT2D eigenvalue weighted by Gasteiger charge is 2.60. The van der Waals surface area contributed by atoms with Crippen molar-refractivity contribution in [3.05, 3.63) is 89.5 Å². The van der Waals surface area contributed by atoms with E-state index in [9.17, 15) is 4.79 Å². The normalized spacial score (nSPS) is 35.5. The molecular weight excluding hydrogens is 448 g/mol. The smallest absolute Gasteiger partial charge is 0.143 e. The molecule has 0 amide bonds. The van der Waals surface area contributed by atoms with E-state index in [-0.39, 0.29) is 5.41 Å². The Balaban J connectivity index is 1.24. The van der Waals surface area contributed by atoms with Crippen LogP contribution in [0.3, 0.4) is 0 Å². The molecule has 3 saturated carbocycles. The van der Waals surface area contributed by atoms with Crippen molar-refractivity contribution in [2.75, 3.05) is 0 Å². The molecule has 0 saturated heterocycles. The van der Waals surface area contributed by atoms with E-state index in [0.29, 0.717) is 23.0 Å². The molecule has 0 N–H and O–H groups in total. The SMILES string of the molecule is C[C@H](CC=C(c1ccccc1)c1ccccc1)[C@@H]1CC[C@@H]2[C@H]3CCC4=CCCC(=O)[C@]4(C)[C@@H]3CC[C@@]21C. The van der Waals surface area contributed by atoms with Gasteiger partial charge in [0.25, 0.3) is 0 Å². The molecule has 2 aromatic rings. The summed E-state index contributed by atoms with van der Waals surface area (Å²) in [7, 11) is 0. The first kappa shape index (κ1) is 24.9. The number of fused-ring (bicyclic) bond motifs is 5. The maximum Gasteiger partial charge on any atom is 0.143 e. The predicted molar refractivity (Wildman–Crippen MR) is 154 cm³/mol. The van der Waals surface area contributed by atoms with E-state index in [0.717, 1.165) is 43.4 Å². The van der Waals surface area contributed by atoms with Gasteiger partial charge >= 0.3 is 0 Å². The lowest BCUT2D eigenvalue weighted by molar-refractivity contribution is -0.137. The Bertz CT molecular complexity index is 1150. The number of ketones is 1. The van der Waals surface area contributed by atoms with Gasteiger partial charge in [-0.15, -0.1) is 0 Å². The summed E-state index contributed by atoms with van der Waals surface area (Å²) in [6.45, 7) is 7.48. The Morgan fingerprint density at radius 1 is 0.892 bits per heavy atom. The van der Waals surface area contributed by atoms with Crippen molar-refractivity contribution in [2.45, 2.75) is 78.6 Å². The molecule has 0 spiro atoms.